The molecule has 2 N–H and O–H groups in total. The maximum absolute atomic E-state index is 3.90. The first kappa shape index (κ1) is 9.93. The van der Waals surface area contributed by atoms with Crippen molar-refractivity contribution in [2.45, 2.75) is 20.0 Å². The number of aromatic amines is 1. The minimum atomic E-state index is 0.828. The highest BCUT2D eigenvalue weighted by Crippen LogP contribution is 2.06. The molecule has 3 nitrogen and oxygen atoms in total. The average molecular weight is 201 g/mol. The van der Waals surface area contributed by atoms with Crippen molar-refractivity contribution < 1.29 is 0 Å². The second-order valence-electron chi connectivity index (χ2n) is 3.61. The Labute approximate surface area is 89.5 Å². The van der Waals surface area contributed by atoms with Crippen molar-refractivity contribution in [3.05, 3.63) is 53.3 Å². The molecule has 0 saturated heterocycles. The first-order valence-corrected chi connectivity index (χ1v) is 5.10. The van der Waals surface area contributed by atoms with Gasteiger partial charge in [0, 0.05) is 25.0 Å². The van der Waals surface area contributed by atoms with Crippen molar-refractivity contribution in [2.75, 3.05) is 0 Å². The molecule has 0 atom stereocenters. The van der Waals surface area contributed by atoms with Crippen molar-refractivity contribution in [2.24, 2.45) is 0 Å². The van der Waals surface area contributed by atoms with Gasteiger partial charge in [0.25, 0.3) is 0 Å². The van der Waals surface area contributed by atoms with E-state index in [1.165, 1.54) is 11.1 Å². The van der Waals surface area contributed by atoms with E-state index in [1.54, 1.807) is 6.20 Å². The molecule has 0 bridgehead atoms. The number of hydrogen-bond acceptors (Lipinski definition) is 2. The average Bonchev–Trinajstić information content (AvgIpc) is 2.74. The second kappa shape index (κ2) is 4.75. The maximum atomic E-state index is 3.90. The standard InChI is InChI=1S/C12H15N3/c1-10-4-2-3-5-11(10)8-13-9-12-6-7-14-15-12/h2-7,13H,8-9H2,1H3,(H,14,15). The monoisotopic (exact) mass is 201 g/mol. The number of hydrogen-bond donors (Lipinski definition) is 2. The largest absolute Gasteiger partial charge is 0.307 e. The molecule has 2 rings (SSSR count). The Kier molecular flexibility index (Phi) is 3.15. The molecule has 3 heteroatoms. The quantitative estimate of drug-likeness (QED) is 0.794. The number of aromatic nitrogens is 2. The normalized spacial score (nSPS) is 10.5. The number of rotatable bonds is 4. The summed E-state index contributed by atoms with van der Waals surface area (Å²) in [4.78, 5) is 0. The number of nitrogens with one attached hydrogen (secondary N) is 2. The third-order valence-corrected chi connectivity index (χ3v) is 2.45. The number of nitrogens with zero attached hydrogens (tertiary/aromatic N) is 1. The zero-order valence-electron chi connectivity index (χ0n) is 8.83. The van der Waals surface area contributed by atoms with E-state index in [9.17, 15) is 0 Å². The van der Waals surface area contributed by atoms with Gasteiger partial charge < -0.3 is 5.32 Å². The van der Waals surface area contributed by atoms with Crippen LogP contribution < -0.4 is 5.32 Å². The molecule has 2 aromatic rings. The Morgan fingerprint density at radius 3 is 2.80 bits per heavy atom. The van der Waals surface area contributed by atoms with Crippen LogP contribution in [0.15, 0.2) is 36.5 Å². The molecule has 1 aromatic carbocycles. The van der Waals surface area contributed by atoms with Crippen molar-refractivity contribution in [1.29, 1.82) is 0 Å². The highest BCUT2D eigenvalue weighted by molar-refractivity contribution is 5.25. The van der Waals surface area contributed by atoms with E-state index < -0.39 is 0 Å². The lowest BCUT2D eigenvalue weighted by molar-refractivity contribution is 0.675. The number of benzene rings is 1. The van der Waals surface area contributed by atoms with E-state index >= 15 is 0 Å². The summed E-state index contributed by atoms with van der Waals surface area (Å²) >= 11 is 0. The third kappa shape index (κ3) is 2.67. The van der Waals surface area contributed by atoms with E-state index in [0.717, 1.165) is 18.8 Å². The molecule has 15 heavy (non-hydrogen) atoms. The Hall–Kier alpha value is -1.61. The van der Waals surface area contributed by atoms with E-state index in [-0.39, 0.29) is 0 Å². The minimum Gasteiger partial charge on any atom is -0.307 e. The van der Waals surface area contributed by atoms with Crippen LogP contribution in [-0.4, -0.2) is 10.2 Å². The summed E-state index contributed by atoms with van der Waals surface area (Å²) in [5.74, 6) is 0. The van der Waals surface area contributed by atoms with Gasteiger partial charge in [-0.1, -0.05) is 24.3 Å². The Morgan fingerprint density at radius 1 is 1.20 bits per heavy atom. The Balaban J connectivity index is 1.86. The lowest BCUT2D eigenvalue weighted by Crippen LogP contribution is -2.13. The summed E-state index contributed by atoms with van der Waals surface area (Å²) in [6.07, 6.45) is 1.77. The van der Waals surface area contributed by atoms with Gasteiger partial charge in [-0.3, -0.25) is 5.10 Å². The van der Waals surface area contributed by atoms with Crippen LogP contribution in [0.4, 0.5) is 0 Å². The van der Waals surface area contributed by atoms with Crippen molar-refractivity contribution >= 4 is 0 Å². The van der Waals surface area contributed by atoms with Gasteiger partial charge in [-0.25, -0.2) is 0 Å². The van der Waals surface area contributed by atoms with Gasteiger partial charge in [0.15, 0.2) is 0 Å². The predicted octanol–water partition coefficient (Wildman–Crippen LogP) is 2.01. The second-order valence-corrected chi connectivity index (χ2v) is 3.61. The molecule has 0 unspecified atom stereocenters. The van der Waals surface area contributed by atoms with E-state index in [0.29, 0.717) is 0 Å². The molecule has 0 aliphatic heterocycles. The van der Waals surface area contributed by atoms with E-state index in [4.69, 9.17) is 0 Å². The SMILES string of the molecule is Cc1ccccc1CNCc1ccn[nH]1. The van der Waals surface area contributed by atoms with Gasteiger partial charge in [-0.15, -0.1) is 0 Å². The van der Waals surface area contributed by atoms with Crippen molar-refractivity contribution in [3.63, 3.8) is 0 Å². The third-order valence-electron chi connectivity index (χ3n) is 2.45. The van der Waals surface area contributed by atoms with Crippen LogP contribution in [0.3, 0.4) is 0 Å². The molecule has 0 radical (unpaired) electrons. The maximum Gasteiger partial charge on any atom is 0.0490 e. The molecular weight excluding hydrogens is 186 g/mol. The number of H-pyrrole nitrogens is 1. The zero-order chi connectivity index (χ0) is 10.5. The fourth-order valence-corrected chi connectivity index (χ4v) is 1.52. The van der Waals surface area contributed by atoms with Crippen molar-refractivity contribution in [1.82, 2.24) is 15.5 Å². The highest BCUT2D eigenvalue weighted by Gasteiger charge is 1.97. The summed E-state index contributed by atoms with van der Waals surface area (Å²) < 4.78 is 0. The van der Waals surface area contributed by atoms with Crippen molar-refractivity contribution in [3.8, 4) is 0 Å². The molecule has 78 valence electrons. The molecular formula is C12H15N3. The Morgan fingerprint density at radius 2 is 2.07 bits per heavy atom. The minimum absolute atomic E-state index is 0.828. The molecule has 1 heterocycles. The number of aryl methyl sites for hydroxylation is 1. The summed E-state index contributed by atoms with van der Waals surface area (Å²) in [6, 6.07) is 10.4. The van der Waals surface area contributed by atoms with Crippen LogP contribution in [0, 0.1) is 6.92 Å². The van der Waals surface area contributed by atoms with Crippen LogP contribution >= 0.6 is 0 Å². The smallest absolute Gasteiger partial charge is 0.0490 e. The molecule has 0 aliphatic carbocycles. The zero-order valence-corrected chi connectivity index (χ0v) is 8.83. The van der Waals surface area contributed by atoms with Crippen LogP contribution in [0.1, 0.15) is 16.8 Å². The summed E-state index contributed by atoms with van der Waals surface area (Å²) in [7, 11) is 0. The fraction of sp³-hybridized carbons (Fsp3) is 0.250. The predicted molar refractivity (Wildman–Crippen MR) is 60.3 cm³/mol. The molecule has 0 fully saturated rings. The summed E-state index contributed by atoms with van der Waals surface area (Å²) in [5.41, 5.74) is 3.79. The first-order chi connectivity index (χ1) is 7.36. The fourth-order valence-electron chi connectivity index (χ4n) is 1.52. The van der Waals surface area contributed by atoms with Crippen LogP contribution in [0.5, 0.6) is 0 Å². The van der Waals surface area contributed by atoms with E-state index in [1.807, 2.05) is 6.07 Å². The van der Waals surface area contributed by atoms with Crippen LogP contribution in [0.2, 0.25) is 0 Å². The van der Waals surface area contributed by atoms with Gasteiger partial charge in [0.1, 0.15) is 0 Å². The van der Waals surface area contributed by atoms with Crippen LogP contribution in [-0.2, 0) is 13.1 Å². The van der Waals surface area contributed by atoms with Gasteiger partial charge >= 0.3 is 0 Å². The molecule has 0 amide bonds. The summed E-state index contributed by atoms with van der Waals surface area (Å²) in [6.45, 7) is 3.85. The molecule has 0 aliphatic rings. The first-order valence-electron chi connectivity index (χ1n) is 5.10. The molecule has 0 spiro atoms. The summed E-state index contributed by atoms with van der Waals surface area (Å²) in [5, 5.41) is 10.2. The molecule has 1 aromatic heterocycles. The van der Waals surface area contributed by atoms with E-state index in [2.05, 4.69) is 46.7 Å². The lowest BCUT2D eigenvalue weighted by Gasteiger charge is -2.06. The van der Waals surface area contributed by atoms with Gasteiger partial charge in [0.2, 0.25) is 0 Å². The molecule has 0 saturated carbocycles. The van der Waals surface area contributed by atoms with Gasteiger partial charge in [-0.2, -0.15) is 5.10 Å². The van der Waals surface area contributed by atoms with Crippen LogP contribution in [0.25, 0.3) is 0 Å². The highest BCUT2D eigenvalue weighted by atomic mass is 15.1. The Bertz CT molecular complexity index is 407. The van der Waals surface area contributed by atoms with Gasteiger partial charge in [0.05, 0.1) is 0 Å². The lowest BCUT2D eigenvalue weighted by atomic mass is 10.1. The topological polar surface area (TPSA) is 40.7 Å². The van der Waals surface area contributed by atoms with Gasteiger partial charge in [-0.05, 0) is 24.1 Å².